The Hall–Kier alpha value is -4.90. The molecule has 5 aromatic carbocycles. The maximum atomic E-state index is 4.76. The smallest absolute Gasteiger partial charge is 0.0610 e. The van der Waals surface area contributed by atoms with Crippen molar-refractivity contribution in [2.45, 2.75) is 62.7 Å². The molecule has 0 spiro atoms. The van der Waals surface area contributed by atoms with Crippen LogP contribution in [0.3, 0.4) is 0 Å². The first kappa shape index (κ1) is 34.2. The number of fused-ring (bicyclic) bond motifs is 3. The molecule has 2 nitrogen and oxygen atoms in total. The van der Waals surface area contributed by atoms with E-state index >= 15 is 0 Å². The fourth-order valence-electron chi connectivity index (χ4n) is 7.86. The molecular weight excluding hydrogens is 669 g/mol. The van der Waals surface area contributed by atoms with E-state index < -0.39 is 0 Å². The number of nitrogens with one attached hydrogen (secondary N) is 1. The van der Waals surface area contributed by atoms with E-state index in [2.05, 4.69) is 167 Å². The lowest BCUT2D eigenvalue weighted by atomic mass is 9.73. The van der Waals surface area contributed by atoms with Gasteiger partial charge in [-0.25, -0.2) is 0 Å². The number of hydrogen-bond donors (Lipinski definition) is 2. The standard InChI is InChI=1S/C48H44N2S2/c1-7-8-21-42-32(4)48(5,6)41-20-14-19-38(46(41)49-42)40-27-34(33-16-10-9-11-17-33)28-44-47(40)52-45-26-31(3)39(37-18-13-12-15-30(37)2)29-43(45)50(44)35-22-24-36(51)25-23-35/h7-22,24,26-29,49,51H,1,23,25H2,2-6H3/b21-8-. The van der Waals surface area contributed by atoms with Crippen molar-refractivity contribution in [2.75, 3.05) is 10.2 Å². The van der Waals surface area contributed by atoms with Crippen molar-refractivity contribution < 1.29 is 0 Å². The van der Waals surface area contributed by atoms with Gasteiger partial charge in [0.15, 0.2) is 0 Å². The summed E-state index contributed by atoms with van der Waals surface area (Å²) in [6.07, 6.45) is 12.3. The van der Waals surface area contributed by atoms with Crippen LogP contribution in [0.4, 0.5) is 17.1 Å². The summed E-state index contributed by atoms with van der Waals surface area (Å²) >= 11 is 6.66. The van der Waals surface area contributed by atoms with Gasteiger partial charge in [-0.15, -0.1) is 12.6 Å². The van der Waals surface area contributed by atoms with Gasteiger partial charge in [0.1, 0.15) is 0 Å². The number of allylic oxidation sites excluding steroid dienone is 8. The van der Waals surface area contributed by atoms with Gasteiger partial charge >= 0.3 is 0 Å². The predicted molar refractivity (Wildman–Crippen MR) is 228 cm³/mol. The fraction of sp³-hybridized carbons (Fsp3) is 0.167. The highest BCUT2D eigenvalue weighted by Gasteiger charge is 2.35. The number of nitrogens with zero attached hydrogens (tertiary/aromatic N) is 1. The van der Waals surface area contributed by atoms with Crippen molar-refractivity contribution in [3.05, 3.63) is 173 Å². The van der Waals surface area contributed by atoms with E-state index in [4.69, 9.17) is 12.6 Å². The second-order valence-electron chi connectivity index (χ2n) is 14.6. The second kappa shape index (κ2) is 13.6. The normalized spacial score (nSPS) is 16.1. The molecule has 258 valence electrons. The van der Waals surface area contributed by atoms with Crippen molar-refractivity contribution in [2.24, 2.45) is 0 Å². The highest BCUT2D eigenvalue weighted by molar-refractivity contribution is 8.00. The Morgan fingerprint density at radius 1 is 0.750 bits per heavy atom. The van der Waals surface area contributed by atoms with E-state index in [0.717, 1.165) is 29.1 Å². The quantitative estimate of drug-likeness (QED) is 0.135. The fourth-order valence-corrected chi connectivity index (χ4v) is 9.29. The topological polar surface area (TPSA) is 15.3 Å². The van der Waals surface area contributed by atoms with E-state index in [1.54, 1.807) is 0 Å². The lowest BCUT2D eigenvalue weighted by molar-refractivity contribution is 0.612. The molecule has 2 aliphatic heterocycles. The van der Waals surface area contributed by atoms with Crippen LogP contribution in [0.2, 0.25) is 0 Å². The van der Waals surface area contributed by atoms with Crippen LogP contribution in [0.25, 0.3) is 33.4 Å². The molecule has 0 radical (unpaired) electrons. The third-order valence-electron chi connectivity index (χ3n) is 11.0. The molecule has 0 fully saturated rings. The number of anilines is 3. The average Bonchev–Trinajstić information content (AvgIpc) is 3.15. The van der Waals surface area contributed by atoms with Gasteiger partial charge in [0.2, 0.25) is 0 Å². The first-order chi connectivity index (χ1) is 25.2. The minimum atomic E-state index is -0.160. The van der Waals surface area contributed by atoms with Crippen molar-refractivity contribution in [1.82, 2.24) is 0 Å². The van der Waals surface area contributed by atoms with Gasteiger partial charge in [0.05, 0.1) is 17.1 Å². The predicted octanol–water partition coefficient (Wildman–Crippen LogP) is 14.1. The van der Waals surface area contributed by atoms with Crippen LogP contribution < -0.4 is 10.2 Å². The Morgan fingerprint density at radius 3 is 2.27 bits per heavy atom. The van der Waals surface area contributed by atoms with Crippen LogP contribution in [0.5, 0.6) is 0 Å². The maximum absolute atomic E-state index is 4.76. The molecule has 1 aliphatic carbocycles. The molecule has 8 rings (SSSR count). The zero-order chi connectivity index (χ0) is 36.1. The monoisotopic (exact) mass is 712 g/mol. The zero-order valence-corrected chi connectivity index (χ0v) is 32.3. The molecule has 0 unspecified atom stereocenters. The number of hydrogen-bond acceptors (Lipinski definition) is 4. The average molecular weight is 713 g/mol. The van der Waals surface area contributed by atoms with E-state index in [1.165, 1.54) is 82.5 Å². The third-order valence-corrected chi connectivity index (χ3v) is 12.6. The summed E-state index contributed by atoms with van der Waals surface area (Å²) in [5.41, 5.74) is 18.4. The van der Waals surface area contributed by atoms with Crippen molar-refractivity contribution in [3.63, 3.8) is 0 Å². The van der Waals surface area contributed by atoms with Gasteiger partial charge in [0.25, 0.3) is 0 Å². The zero-order valence-electron chi connectivity index (χ0n) is 30.5. The van der Waals surface area contributed by atoms with Gasteiger partial charge in [-0.1, -0.05) is 123 Å². The molecule has 1 N–H and O–H groups in total. The van der Waals surface area contributed by atoms with Crippen molar-refractivity contribution >= 4 is 41.5 Å². The molecule has 0 aromatic heterocycles. The van der Waals surface area contributed by atoms with Crippen molar-refractivity contribution in [1.29, 1.82) is 0 Å². The summed E-state index contributed by atoms with van der Waals surface area (Å²) in [7, 11) is 0. The molecule has 5 aromatic rings. The number of rotatable bonds is 6. The number of para-hydroxylation sites is 1. The minimum Gasteiger partial charge on any atom is -0.355 e. The van der Waals surface area contributed by atoms with Crippen molar-refractivity contribution in [3.8, 4) is 33.4 Å². The highest BCUT2D eigenvalue weighted by Crippen LogP contribution is 2.58. The molecule has 52 heavy (non-hydrogen) atoms. The van der Waals surface area contributed by atoms with Gasteiger partial charge in [-0.2, -0.15) is 0 Å². The number of thiol groups is 1. The number of benzene rings is 5. The molecule has 0 amide bonds. The Balaban J connectivity index is 1.42. The SMILES string of the molecule is C=C/C=C\C1=C(C)C(C)(C)c2cccc(-c3cc(-c4ccccc4)cc4c3Sc3cc(C)c(-c5ccccc5C)cc3N4C3=CC=C(S)CC3)c2N1. The van der Waals surface area contributed by atoms with Gasteiger partial charge in [0, 0.05) is 37.7 Å². The summed E-state index contributed by atoms with van der Waals surface area (Å²) in [6, 6.07) is 36.0. The van der Waals surface area contributed by atoms with Gasteiger partial charge in [-0.05, 0) is 119 Å². The summed E-state index contributed by atoms with van der Waals surface area (Å²) in [5.74, 6) is 0. The lowest BCUT2D eigenvalue weighted by Crippen LogP contribution is -2.28. The first-order valence-corrected chi connectivity index (χ1v) is 19.3. The molecule has 0 saturated carbocycles. The molecule has 3 aliphatic rings. The summed E-state index contributed by atoms with van der Waals surface area (Å²) in [6.45, 7) is 15.3. The Morgan fingerprint density at radius 2 is 1.52 bits per heavy atom. The molecular formula is C48H44N2S2. The lowest BCUT2D eigenvalue weighted by Gasteiger charge is -2.39. The largest absolute Gasteiger partial charge is 0.355 e. The summed E-state index contributed by atoms with van der Waals surface area (Å²) < 4.78 is 0. The van der Waals surface area contributed by atoms with Crippen LogP contribution in [0, 0.1) is 13.8 Å². The van der Waals surface area contributed by atoms with Crippen LogP contribution in [-0.2, 0) is 5.41 Å². The highest BCUT2D eigenvalue weighted by atomic mass is 32.2. The van der Waals surface area contributed by atoms with Crippen LogP contribution in [-0.4, -0.2) is 0 Å². The van der Waals surface area contributed by atoms with E-state index in [0.29, 0.717) is 0 Å². The van der Waals surface area contributed by atoms with Crippen LogP contribution >= 0.6 is 24.4 Å². The third kappa shape index (κ3) is 5.88. The van der Waals surface area contributed by atoms with Gasteiger partial charge in [-0.3, -0.25) is 0 Å². The van der Waals surface area contributed by atoms with E-state index in [-0.39, 0.29) is 5.41 Å². The Bertz CT molecular complexity index is 2390. The number of aryl methyl sites for hydroxylation is 2. The maximum Gasteiger partial charge on any atom is 0.0610 e. The summed E-state index contributed by atoms with van der Waals surface area (Å²) in [5, 5.41) is 3.90. The molecule has 0 bridgehead atoms. The Kier molecular flexibility index (Phi) is 8.93. The van der Waals surface area contributed by atoms with Crippen LogP contribution in [0.1, 0.15) is 50.3 Å². The second-order valence-corrected chi connectivity index (χ2v) is 16.2. The molecule has 0 atom stereocenters. The first-order valence-electron chi connectivity index (χ1n) is 18.1. The minimum absolute atomic E-state index is 0.160. The van der Waals surface area contributed by atoms with Crippen LogP contribution in [0.15, 0.2) is 166 Å². The summed E-state index contributed by atoms with van der Waals surface area (Å²) in [4.78, 5) is 6.19. The molecule has 2 heterocycles. The Labute approximate surface area is 318 Å². The molecule has 0 saturated heterocycles. The molecule has 4 heteroatoms. The van der Waals surface area contributed by atoms with E-state index in [9.17, 15) is 0 Å². The van der Waals surface area contributed by atoms with E-state index in [1.807, 2.05) is 23.9 Å². The van der Waals surface area contributed by atoms with Gasteiger partial charge < -0.3 is 10.2 Å².